The van der Waals surface area contributed by atoms with Gasteiger partial charge in [0.15, 0.2) is 9.84 Å². The molecule has 1 atom stereocenters. The highest BCUT2D eigenvalue weighted by Gasteiger charge is 2.61. The van der Waals surface area contributed by atoms with Crippen molar-refractivity contribution >= 4 is 9.84 Å². The van der Waals surface area contributed by atoms with Crippen LogP contribution in [0.15, 0.2) is 12.3 Å². The van der Waals surface area contributed by atoms with E-state index >= 15 is 0 Å². The Morgan fingerprint density at radius 1 is 1.33 bits per heavy atom. The summed E-state index contributed by atoms with van der Waals surface area (Å²) in [5, 5.41) is 0. The molecule has 6 nitrogen and oxygen atoms in total. The first-order chi connectivity index (χ1) is 11.5. The molecule has 0 radical (unpaired) electrons. The molecule has 1 saturated carbocycles. The van der Waals surface area contributed by atoms with Crippen LogP contribution < -0.4 is 4.74 Å². The lowest BCUT2D eigenvalue weighted by Crippen LogP contribution is -2.68. The number of rotatable bonds is 5. The summed E-state index contributed by atoms with van der Waals surface area (Å²) in [6, 6.07) is 2.17. The van der Waals surface area contributed by atoms with Gasteiger partial charge in [-0.2, -0.15) is 0 Å². The van der Waals surface area contributed by atoms with Gasteiger partial charge in [-0.15, -0.1) is 0 Å². The van der Waals surface area contributed by atoms with Crippen LogP contribution in [-0.2, 0) is 9.84 Å². The summed E-state index contributed by atoms with van der Waals surface area (Å²) in [4.78, 5) is 10.7. The fourth-order valence-corrected chi connectivity index (χ4v) is 6.71. The van der Waals surface area contributed by atoms with Crippen molar-refractivity contribution in [3.63, 3.8) is 0 Å². The SMILES string of the molecule is Cc1ccnc(OC[C@@H]2CCS(=O)(=O)C23CN(CC2CCC2)C3)n1. The number of ether oxygens (including phenoxy) is 1. The number of aromatic nitrogens is 2. The second-order valence-corrected chi connectivity index (χ2v) is 10.1. The molecule has 3 aliphatic rings. The van der Waals surface area contributed by atoms with Gasteiger partial charge in [0.2, 0.25) is 0 Å². The fourth-order valence-electron chi connectivity index (χ4n) is 4.26. The van der Waals surface area contributed by atoms with Crippen molar-refractivity contribution in [3.8, 4) is 6.01 Å². The van der Waals surface area contributed by atoms with Crippen LogP contribution >= 0.6 is 0 Å². The van der Waals surface area contributed by atoms with Gasteiger partial charge in [-0.1, -0.05) is 6.42 Å². The molecule has 1 aromatic rings. The predicted octanol–water partition coefficient (Wildman–Crippen LogP) is 1.45. The van der Waals surface area contributed by atoms with Gasteiger partial charge >= 0.3 is 6.01 Å². The van der Waals surface area contributed by atoms with Gasteiger partial charge < -0.3 is 4.74 Å². The zero-order chi connectivity index (χ0) is 16.8. The molecule has 3 fully saturated rings. The summed E-state index contributed by atoms with van der Waals surface area (Å²) in [5.74, 6) is 1.11. The average molecular weight is 351 g/mol. The van der Waals surface area contributed by atoms with E-state index < -0.39 is 14.6 Å². The molecule has 1 aromatic heterocycles. The van der Waals surface area contributed by atoms with Gasteiger partial charge in [-0.3, -0.25) is 4.90 Å². The van der Waals surface area contributed by atoms with Gasteiger partial charge in [0.05, 0.1) is 12.4 Å². The van der Waals surface area contributed by atoms with Gasteiger partial charge in [0.1, 0.15) is 4.75 Å². The molecule has 132 valence electrons. The molecule has 2 saturated heterocycles. The zero-order valence-corrected chi connectivity index (χ0v) is 15.0. The normalized spacial score (nSPS) is 28.5. The zero-order valence-electron chi connectivity index (χ0n) is 14.1. The van der Waals surface area contributed by atoms with Crippen LogP contribution in [-0.4, -0.2) is 60.0 Å². The van der Waals surface area contributed by atoms with Crippen LogP contribution in [0.1, 0.15) is 31.4 Å². The number of hydrogen-bond donors (Lipinski definition) is 0. The maximum atomic E-state index is 12.6. The highest BCUT2D eigenvalue weighted by atomic mass is 32.2. The van der Waals surface area contributed by atoms with Crippen LogP contribution in [0.2, 0.25) is 0 Å². The first kappa shape index (κ1) is 16.3. The Morgan fingerprint density at radius 3 is 2.79 bits per heavy atom. The molecular weight excluding hydrogens is 326 g/mol. The Kier molecular flexibility index (Phi) is 4.03. The maximum Gasteiger partial charge on any atom is 0.316 e. The molecule has 0 unspecified atom stereocenters. The Hall–Kier alpha value is -1.21. The average Bonchev–Trinajstić information content (AvgIpc) is 2.71. The van der Waals surface area contributed by atoms with Crippen LogP contribution in [0.5, 0.6) is 6.01 Å². The summed E-state index contributed by atoms with van der Waals surface area (Å²) in [6.07, 6.45) is 6.28. The van der Waals surface area contributed by atoms with E-state index in [0.29, 0.717) is 32.1 Å². The molecule has 0 amide bonds. The molecule has 2 aliphatic heterocycles. The fraction of sp³-hybridized carbons (Fsp3) is 0.765. The molecule has 3 heterocycles. The van der Waals surface area contributed by atoms with Gasteiger partial charge in [0, 0.05) is 37.4 Å². The van der Waals surface area contributed by atoms with Crippen molar-refractivity contribution in [2.45, 2.75) is 37.4 Å². The minimum absolute atomic E-state index is 0.0456. The maximum absolute atomic E-state index is 12.6. The van der Waals surface area contributed by atoms with Crippen molar-refractivity contribution in [2.24, 2.45) is 11.8 Å². The highest BCUT2D eigenvalue weighted by molar-refractivity contribution is 7.93. The summed E-state index contributed by atoms with van der Waals surface area (Å²) in [6.45, 7) is 4.69. The predicted molar refractivity (Wildman–Crippen MR) is 90.7 cm³/mol. The standard InChI is InChI=1S/C17H25N3O3S/c1-13-5-7-18-16(19-13)23-10-15-6-8-24(21,22)17(15)11-20(12-17)9-14-3-2-4-14/h5,7,14-15H,2-4,6,8-12H2,1H3/t15-/m0/s1. The summed E-state index contributed by atoms with van der Waals surface area (Å²) >= 11 is 0. The second-order valence-electron chi connectivity index (χ2n) is 7.63. The van der Waals surface area contributed by atoms with Crippen LogP contribution in [0.4, 0.5) is 0 Å². The minimum Gasteiger partial charge on any atom is -0.463 e. The molecule has 1 spiro atoms. The molecule has 0 bridgehead atoms. The van der Waals surface area contributed by atoms with Crippen LogP contribution in [0.25, 0.3) is 0 Å². The lowest BCUT2D eigenvalue weighted by Gasteiger charge is -2.51. The van der Waals surface area contributed by atoms with Gasteiger partial charge in [0.25, 0.3) is 0 Å². The minimum atomic E-state index is -3.03. The first-order valence-electron chi connectivity index (χ1n) is 8.86. The van der Waals surface area contributed by atoms with E-state index in [-0.39, 0.29) is 11.7 Å². The topological polar surface area (TPSA) is 72.4 Å². The monoisotopic (exact) mass is 351 g/mol. The molecule has 0 aromatic carbocycles. The van der Waals surface area contributed by atoms with Crippen molar-refractivity contribution < 1.29 is 13.2 Å². The third-order valence-electron chi connectivity index (χ3n) is 6.01. The molecule has 1 aliphatic carbocycles. The molecule has 0 N–H and O–H groups in total. The lowest BCUT2D eigenvalue weighted by molar-refractivity contribution is 0.0393. The van der Waals surface area contributed by atoms with E-state index in [4.69, 9.17) is 4.74 Å². The quantitative estimate of drug-likeness (QED) is 0.800. The van der Waals surface area contributed by atoms with E-state index in [0.717, 1.165) is 18.2 Å². The van der Waals surface area contributed by atoms with E-state index in [1.54, 1.807) is 6.20 Å². The molecule has 24 heavy (non-hydrogen) atoms. The third-order valence-corrected chi connectivity index (χ3v) is 8.61. The summed E-state index contributed by atoms with van der Waals surface area (Å²) in [7, 11) is -3.03. The van der Waals surface area contributed by atoms with E-state index in [1.807, 2.05) is 13.0 Å². The number of nitrogens with zero attached hydrogens (tertiary/aromatic N) is 3. The van der Waals surface area contributed by atoms with Gasteiger partial charge in [-0.25, -0.2) is 18.4 Å². The molecular formula is C17H25N3O3S. The Morgan fingerprint density at radius 2 is 2.12 bits per heavy atom. The largest absolute Gasteiger partial charge is 0.463 e. The van der Waals surface area contributed by atoms with Crippen molar-refractivity contribution in [1.82, 2.24) is 14.9 Å². The third kappa shape index (κ3) is 2.71. The Balaban J connectivity index is 1.41. The van der Waals surface area contributed by atoms with E-state index in [2.05, 4.69) is 14.9 Å². The number of hydrogen-bond acceptors (Lipinski definition) is 6. The van der Waals surface area contributed by atoms with Crippen molar-refractivity contribution in [3.05, 3.63) is 18.0 Å². The van der Waals surface area contributed by atoms with Crippen LogP contribution in [0, 0.1) is 18.8 Å². The molecule has 4 rings (SSSR count). The number of likely N-dealkylation sites (tertiary alicyclic amines) is 1. The second kappa shape index (κ2) is 5.95. The van der Waals surface area contributed by atoms with E-state index in [9.17, 15) is 8.42 Å². The summed E-state index contributed by atoms with van der Waals surface area (Å²) in [5.41, 5.74) is 0.851. The number of aryl methyl sites for hydroxylation is 1. The lowest BCUT2D eigenvalue weighted by atomic mass is 9.80. The van der Waals surface area contributed by atoms with Gasteiger partial charge in [-0.05, 0) is 38.2 Å². The van der Waals surface area contributed by atoms with Crippen molar-refractivity contribution in [2.75, 3.05) is 32.0 Å². The van der Waals surface area contributed by atoms with E-state index in [1.165, 1.54) is 19.3 Å². The summed E-state index contributed by atoms with van der Waals surface area (Å²) < 4.78 is 30.4. The molecule has 7 heteroatoms. The Bertz CT molecular complexity index is 712. The smallest absolute Gasteiger partial charge is 0.316 e. The Labute approximate surface area is 143 Å². The number of sulfone groups is 1. The van der Waals surface area contributed by atoms with Crippen LogP contribution in [0.3, 0.4) is 0 Å². The highest BCUT2D eigenvalue weighted by Crippen LogP contribution is 2.45. The van der Waals surface area contributed by atoms with Crippen molar-refractivity contribution in [1.29, 1.82) is 0 Å². The first-order valence-corrected chi connectivity index (χ1v) is 10.5.